The van der Waals surface area contributed by atoms with Gasteiger partial charge in [0.25, 0.3) is 0 Å². The first kappa shape index (κ1) is 30.8. The molecule has 1 saturated heterocycles. The number of amides is 2. The molecule has 1 aliphatic carbocycles. The molecule has 0 spiro atoms. The molecule has 8 nitrogen and oxygen atoms in total. The van der Waals surface area contributed by atoms with E-state index in [4.69, 9.17) is 4.74 Å². The summed E-state index contributed by atoms with van der Waals surface area (Å²) in [4.78, 5) is 31.3. The number of piperidine rings is 1. The van der Waals surface area contributed by atoms with Gasteiger partial charge in [-0.05, 0) is 67.0 Å². The second kappa shape index (κ2) is 13.7. The van der Waals surface area contributed by atoms with Crippen molar-refractivity contribution in [2.75, 3.05) is 33.3 Å². The maximum absolute atomic E-state index is 14.0. The molecule has 0 bridgehead atoms. The number of ether oxygens (including phenoxy) is 1. The molecular formula is C34H41N3O5S. The lowest BCUT2D eigenvalue weighted by Gasteiger charge is -2.39. The number of methoxy groups -OCH3 is 1. The summed E-state index contributed by atoms with van der Waals surface area (Å²) in [6, 6.07) is 26.0. The molecule has 228 valence electrons. The van der Waals surface area contributed by atoms with Crippen LogP contribution in [0.15, 0.2) is 89.8 Å². The van der Waals surface area contributed by atoms with E-state index in [1.807, 2.05) is 59.2 Å². The maximum Gasteiger partial charge on any atom is 0.243 e. The molecule has 1 heterocycles. The number of nitrogens with zero attached hydrogens (tertiary/aromatic N) is 3. The van der Waals surface area contributed by atoms with E-state index in [0.29, 0.717) is 38.9 Å². The number of hydrogen-bond acceptors (Lipinski definition) is 5. The van der Waals surface area contributed by atoms with Crippen molar-refractivity contribution in [2.45, 2.75) is 56.0 Å². The Morgan fingerprint density at radius 2 is 1.53 bits per heavy atom. The Labute approximate surface area is 255 Å². The summed E-state index contributed by atoms with van der Waals surface area (Å²) >= 11 is 0. The fourth-order valence-electron chi connectivity index (χ4n) is 6.03. The van der Waals surface area contributed by atoms with E-state index in [0.717, 1.165) is 17.7 Å². The van der Waals surface area contributed by atoms with Crippen LogP contribution in [0.5, 0.6) is 5.75 Å². The quantitative estimate of drug-likeness (QED) is 0.293. The molecule has 1 aliphatic heterocycles. The third kappa shape index (κ3) is 7.28. The van der Waals surface area contributed by atoms with E-state index >= 15 is 0 Å². The molecule has 2 aliphatic rings. The SMILES string of the molecule is CCCN(CC(=O)N(Cc1ccc(OC)cc1)C1CCN(C(=O)[C@H]2C[C@@H]2c2ccccc2)CC1)S(=O)(=O)c1ccccc1. The minimum atomic E-state index is -3.84. The van der Waals surface area contributed by atoms with Gasteiger partial charge in [-0.25, -0.2) is 8.42 Å². The number of likely N-dealkylation sites (tertiary alicyclic amines) is 1. The van der Waals surface area contributed by atoms with Gasteiger partial charge < -0.3 is 14.5 Å². The van der Waals surface area contributed by atoms with Crippen molar-refractivity contribution >= 4 is 21.8 Å². The Balaban J connectivity index is 1.29. The second-order valence-corrected chi connectivity index (χ2v) is 13.4. The zero-order valence-corrected chi connectivity index (χ0v) is 25.8. The van der Waals surface area contributed by atoms with Crippen molar-refractivity contribution in [1.82, 2.24) is 14.1 Å². The molecule has 0 radical (unpaired) electrons. The largest absolute Gasteiger partial charge is 0.497 e. The van der Waals surface area contributed by atoms with Crippen LogP contribution in [0, 0.1) is 5.92 Å². The summed E-state index contributed by atoms with van der Waals surface area (Å²) in [5, 5.41) is 0. The highest BCUT2D eigenvalue weighted by atomic mass is 32.2. The summed E-state index contributed by atoms with van der Waals surface area (Å²) in [5.41, 5.74) is 2.15. The van der Waals surface area contributed by atoms with Crippen LogP contribution in [0.25, 0.3) is 0 Å². The molecule has 3 aromatic carbocycles. The van der Waals surface area contributed by atoms with Gasteiger partial charge in [-0.3, -0.25) is 9.59 Å². The van der Waals surface area contributed by atoms with Crippen LogP contribution in [-0.4, -0.2) is 73.7 Å². The predicted octanol–water partition coefficient (Wildman–Crippen LogP) is 4.92. The Hall–Kier alpha value is -3.69. The first-order valence-electron chi connectivity index (χ1n) is 15.1. The minimum Gasteiger partial charge on any atom is -0.497 e. The molecule has 2 fully saturated rings. The van der Waals surface area contributed by atoms with Crippen molar-refractivity contribution < 1.29 is 22.7 Å². The number of carbonyl (C=O) groups excluding carboxylic acids is 2. The number of benzene rings is 3. The molecule has 0 aromatic heterocycles. The van der Waals surface area contributed by atoms with Crippen LogP contribution in [0.4, 0.5) is 0 Å². The van der Waals surface area contributed by atoms with Gasteiger partial charge in [0.05, 0.1) is 18.6 Å². The average Bonchev–Trinajstić information content (AvgIpc) is 3.85. The molecule has 5 rings (SSSR count). The molecule has 2 atom stereocenters. The van der Waals surface area contributed by atoms with Crippen molar-refractivity contribution in [1.29, 1.82) is 0 Å². The highest BCUT2D eigenvalue weighted by Crippen LogP contribution is 2.48. The Morgan fingerprint density at radius 1 is 0.907 bits per heavy atom. The maximum atomic E-state index is 14.0. The van der Waals surface area contributed by atoms with Crippen molar-refractivity contribution in [2.24, 2.45) is 5.92 Å². The van der Waals surface area contributed by atoms with Crippen LogP contribution in [0.2, 0.25) is 0 Å². The lowest BCUT2D eigenvalue weighted by atomic mass is 10.0. The minimum absolute atomic E-state index is 0.0294. The summed E-state index contributed by atoms with van der Waals surface area (Å²) in [6.45, 7) is 3.43. The molecule has 9 heteroatoms. The topological polar surface area (TPSA) is 87.2 Å². The van der Waals surface area contributed by atoms with Gasteiger partial charge in [0.15, 0.2) is 0 Å². The van der Waals surface area contributed by atoms with Crippen molar-refractivity contribution in [3.8, 4) is 5.75 Å². The highest BCUT2D eigenvalue weighted by Gasteiger charge is 2.46. The summed E-state index contributed by atoms with van der Waals surface area (Å²) < 4.78 is 33.6. The van der Waals surface area contributed by atoms with E-state index in [1.54, 1.807) is 37.4 Å². The van der Waals surface area contributed by atoms with Crippen LogP contribution < -0.4 is 4.74 Å². The van der Waals surface area contributed by atoms with E-state index in [9.17, 15) is 18.0 Å². The Kier molecular flexibility index (Phi) is 9.82. The summed E-state index contributed by atoms with van der Waals surface area (Å²) in [6.07, 6.45) is 2.77. The Bertz CT molecular complexity index is 1470. The number of sulfonamides is 1. The third-order valence-corrected chi connectivity index (χ3v) is 10.4. The number of carbonyl (C=O) groups is 2. The van der Waals surface area contributed by atoms with Gasteiger partial charge in [-0.1, -0.05) is 67.6 Å². The zero-order chi connectivity index (χ0) is 30.4. The molecule has 0 unspecified atom stereocenters. The van der Waals surface area contributed by atoms with Gasteiger partial charge in [-0.2, -0.15) is 4.31 Å². The smallest absolute Gasteiger partial charge is 0.243 e. The van der Waals surface area contributed by atoms with Crippen molar-refractivity contribution in [3.63, 3.8) is 0 Å². The fraction of sp³-hybridized carbons (Fsp3) is 0.412. The highest BCUT2D eigenvalue weighted by molar-refractivity contribution is 7.89. The average molecular weight is 604 g/mol. The van der Waals surface area contributed by atoms with Gasteiger partial charge in [-0.15, -0.1) is 0 Å². The van der Waals surface area contributed by atoms with Gasteiger partial charge in [0.2, 0.25) is 21.8 Å². The van der Waals surface area contributed by atoms with Crippen molar-refractivity contribution in [3.05, 3.63) is 96.1 Å². The van der Waals surface area contributed by atoms with Crippen LogP contribution in [0.3, 0.4) is 0 Å². The number of hydrogen-bond donors (Lipinski definition) is 0. The predicted molar refractivity (Wildman–Crippen MR) is 166 cm³/mol. The molecule has 43 heavy (non-hydrogen) atoms. The van der Waals surface area contributed by atoms with E-state index < -0.39 is 10.0 Å². The van der Waals surface area contributed by atoms with Crippen LogP contribution in [0.1, 0.15) is 49.7 Å². The molecule has 0 N–H and O–H groups in total. The monoisotopic (exact) mass is 603 g/mol. The number of rotatable bonds is 12. The lowest BCUT2D eigenvalue weighted by molar-refractivity contribution is -0.138. The molecule has 2 amide bonds. The molecular weight excluding hydrogens is 562 g/mol. The first-order valence-corrected chi connectivity index (χ1v) is 16.6. The van der Waals surface area contributed by atoms with Gasteiger partial charge >= 0.3 is 0 Å². The summed E-state index contributed by atoms with van der Waals surface area (Å²) in [5.74, 6) is 1.01. The second-order valence-electron chi connectivity index (χ2n) is 11.4. The van der Waals surface area contributed by atoms with E-state index in [-0.39, 0.29) is 47.7 Å². The first-order chi connectivity index (χ1) is 20.8. The van der Waals surface area contributed by atoms with Crippen LogP contribution >= 0.6 is 0 Å². The standard InChI is InChI=1S/C34H41N3O5S/c1-3-20-36(43(40,41)30-12-8-5-9-13-30)25-33(38)37(24-26-14-16-29(42-2)17-15-26)28-18-21-35(22-19-28)34(39)32-23-31(32)27-10-6-4-7-11-27/h4-17,28,31-32H,3,18-25H2,1-2H3/t31-,32+/m1/s1. The van der Waals surface area contributed by atoms with E-state index in [2.05, 4.69) is 12.1 Å². The van der Waals surface area contributed by atoms with E-state index in [1.165, 1.54) is 9.87 Å². The lowest BCUT2D eigenvalue weighted by Crippen LogP contribution is -2.51. The summed E-state index contributed by atoms with van der Waals surface area (Å²) in [7, 11) is -2.23. The third-order valence-electron chi connectivity index (χ3n) is 8.55. The Morgan fingerprint density at radius 3 is 2.14 bits per heavy atom. The molecule has 1 saturated carbocycles. The normalized spacial score (nSPS) is 18.8. The zero-order valence-electron chi connectivity index (χ0n) is 25.0. The van der Waals surface area contributed by atoms with Gasteiger partial charge in [0, 0.05) is 38.1 Å². The fourth-order valence-corrected chi connectivity index (χ4v) is 7.54. The van der Waals surface area contributed by atoms with Crippen LogP contribution in [-0.2, 0) is 26.2 Å². The van der Waals surface area contributed by atoms with Gasteiger partial charge in [0.1, 0.15) is 5.75 Å². The molecule has 3 aromatic rings.